The van der Waals surface area contributed by atoms with E-state index in [2.05, 4.69) is 4.98 Å². The first-order valence-electron chi connectivity index (χ1n) is 6.50. The second kappa shape index (κ2) is 5.06. The van der Waals surface area contributed by atoms with Gasteiger partial charge in [-0.15, -0.1) is 0 Å². The van der Waals surface area contributed by atoms with E-state index < -0.39 is 6.10 Å². The molecule has 0 radical (unpaired) electrons. The number of hydrogen-bond donors (Lipinski definition) is 1. The molecule has 0 amide bonds. The molecule has 0 spiro atoms. The Bertz CT molecular complexity index is 734. The smallest absolute Gasteiger partial charge is 0.123 e. The van der Waals surface area contributed by atoms with Gasteiger partial charge in [-0.05, 0) is 36.8 Å². The molecule has 0 unspecified atom stereocenters. The highest BCUT2D eigenvalue weighted by Crippen LogP contribution is 2.21. The lowest BCUT2D eigenvalue weighted by molar-refractivity contribution is 0.157. The SMILES string of the molecule is Cc1nc2ccccc2n1C[C@H](O)c1ccc(F)cc1. The van der Waals surface area contributed by atoms with Crippen LogP contribution in [-0.2, 0) is 6.54 Å². The predicted octanol–water partition coefficient (Wildman–Crippen LogP) is 3.22. The number of hydrogen-bond acceptors (Lipinski definition) is 2. The molecular formula is C16H15FN2O. The molecular weight excluding hydrogens is 255 g/mol. The summed E-state index contributed by atoms with van der Waals surface area (Å²) in [6.45, 7) is 2.31. The lowest BCUT2D eigenvalue weighted by Crippen LogP contribution is -2.10. The fourth-order valence-electron chi connectivity index (χ4n) is 2.39. The minimum Gasteiger partial charge on any atom is -0.387 e. The molecule has 0 bridgehead atoms. The number of nitrogens with zero attached hydrogens (tertiary/aromatic N) is 2. The van der Waals surface area contributed by atoms with Crippen LogP contribution in [0.3, 0.4) is 0 Å². The molecule has 1 N–H and O–H groups in total. The summed E-state index contributed by atoms with van der Waals surface area (Å²) in [6, 6.07) is 13.7. The van der Waals surface area contributed by atoms with Crippen LogP contribution in [-0.4, -0.2) is 14.7 Å². The number of benzene rings is 2. The van der Waals surface area contributed by atoms with Gasteiger partial charge in [-0.3, -0.25) is 0 Å². The first-order chi connectivity index (χ1) is 9.65. The lowest BCUT2D eigenvalue weighted by atomic mass is 10.1. The molecule has 1 atom stereocenters. The Labute approximate surface area is 116 Å². The Balaban J connectivity index is 1.92. The summed E-state index contributed by atoms with van der Waals surface area (Å²) in [4.78, 5) is 4.47. The second-order valence-electron chi connectivity index (χ2n) is 4.83. The number of rotatable bonds is 3. The average Bonchev–Trinajstić information content (AvgIpc) is 2.76. The third kappa shape index (κ3) is 2.30. The fourth-order valence-corrected chi connectivity index (χ4v) is 2.39. The summed E-state index contributed by atoms with van der Waals surface area (Å²) < 4.78 is 14.9. The number of imidazole rings is 1. The van der Waals surface area contributed by atoms with Crippen molar-refractivity contribution < 1.29 is 9.50 Å². The highest BCUT2D eigenvalue weighted by atomic mass is 19.1. The normalized spacial score (nSPS) is 12.8. The predicted molar refractivity (Wildman–Crippen MR) is 75.8 cm³/mol. The van der Waals surface area contributed by atoms with E-state index in [-0.39, 0.29) is 5.82 Å². The fraction of sp³-hybridized carbons (Fsp3) is 0.188. The number of aliphatic hydroxyl groups excluding tert-OH is 1. The van der Waals surface area contributed by atoms with Crippen LogP contribution in [0.15, 0.2) is 48.5 Å². The zero-order chi connectivity index (χ0) is 14.1. The van der Waals surface area contributed by atoms with Crippen molar-refractivity contribution in [3.05, 3.63) is 65.7 Å². The molecule has 20 heavy (non-hydrogen) atoms. The van der Waals surface area contributed by atoms with E-state index in [9.17, 15) is 9.50 Å². The molecule has 0 aliphatic heterocycles. The maximum atomic E-state index is 12.9. The Morgan fingerprint density at radius 2 is 1.85 bits per heavy atom. The minimum atomic E-state index is -0.688. The molecule has 2 aromatic carbocycles. The topological polar surface area (TPSA) is 38.0 Å². The molecule has 3 nitrogen and oxygen atoms in total. The van der Waals surface area contributed by atoms with E-state index in [1.807, 2.05) is 35.8 Å². The van der Waals surface area contributed by atoms with Gasteiger partial charge in [0.05, 0.1) is 23.7 Å². The van der Waals surface area contributed by atoms with E-state index in [1.54, 1.807) is 12.1 Å². The van der Waals surface area contributed by atoms with E-state index in [0.717, 1.165) is 16.9 Å². The summed E-state index contributed by atoms with van der Waals surface area (Å²) in [5.41, 5.74) is 2.60. The van der Waals surface area contributed by atoms with Crippen LogP contribution < -0.4 is 0 Å². The van der Waals surface area contributed by atoms with Gasteiger partial charge in [0, 0.05) is 0 Å². The first kappa shape index (κ1) is 12.8. The average molecular weight is 270 g/mol. The number of aliphatic hydroxyl groups is 1. The summed E-state index contributed by atoms with van der Waals surface area (Å²) in [5, 5.41) is 10.3. The van der Waals surface area contributed by atoms with E-state index in [4.69, 9.17) is 0 Å². The van der Waals surface area contributed by atoms with Crippen LogP contribution in [0.25, 0.3) is 11.0 Å². The van der Waals surface area contributed by atoms with Crippen molar-refractivity contribution in [1.82, 2.24) is 9.55 Å². The van der Waals surface area contributed by atoms with Gasteiger partial charge in [0.1, 0.15) is 11.6 Å². The van der Waals surface area contributed by atoms with Crippen molar-refractivity contribution in [3.8, 4) is 0 Å². The summed E-state index contributed by atoms with van der Waals surface area (Å²) in [7, 11) is 0. The molecule has 0 saturated heterocycles. The van der Waals surface area contributed by atoms with Crippen LogP contribution in [0.1, 0.15) is 17.5 Å². The van der Waals surface area contributed by atoms with Crippen molar-refractivity contribution in [2.24, 2.45) is 0 Å². The third-order valence-electron chi connectivity index (χ3n) is 3.46. The van der Waals surface area contributed by atoms with Gasteiger partial charge in [-0.25, -0.2) is 9.37 Å². The largest absolute Gasteiger partial charge is 0.387 e. The highest BCUT2D eigenvalue weighted by molar-refractivity contribution is 5.75. The molecule has 1 aromatic heterocycles. The zero-order valence-corrected chi connectivity index (χ0v) is 11.1. The molecule has 3 rings (SSSR count). The molecule has 0 fully saturated rings. The van der Waals surface area contributed by atoms with Crippen molar-refractivity contribution in [2.45, 2.75) is 19.6 Å². The summed E-state index contributed by atoms with van der Waals surface area (Å²) in [6.07, 6.45) is -0.688. The minimum absolute atomic E-state index is 0.301. The zero-order valence-electron chi connectivity index (χ0n) is 11.1. The number of aromatic nitrogens is 2. The van der Waals surface area contributed by atoms with Crippen LogP contribution in [0.4, 0.5) is 4.39 Å². The van der Waals surface area contributed by atoms with Gasteiger partial charge in [-0.1, -0.05) is 24.3 Å². The Morgan fingerprint density at radius 3 is 2.60 bits per heavy atom. The molecule has 102 valence electrons. The maximum absolute atomic E-state index is 12.9. The standard InChI is InChI=1S/C16H15FN2O/c1-11-18-14-4-2-3-5-15(14)19(11)10-16(20)12-6-8-13(17)9-7-12/h2-9,16,20H,10H2,1H3/t16-/m0/s1. The maximum Gasteiger partial charge on any atom is 0.123 e. The van der Waals surface area contributed by atoms with Crippen molar-refractivity contribution in [1.29, 1.82) is 0 Å². The van der Waals surface area contributed by atoms with Gasteiger partial charge < -0.3 is 9.67 Å². The van der Waals surface area contributed by atoms with Gasteiger partial charge in [0.15, 0.2) is 0 Å². The quantitative estimate of drug-likeness (QED) is 0.793. The first-order valence-corrected chi connectivity index (χ1v) is 6.50. The van der Waals surface area contributed by atoms with Crippen LogP contribution in [0, 0.1) is 12.7 Å². The van der Waals surface area contributed by atoms with Crippen molar-refractivity contribution in [2.75, 3.05) is 0 Å². The summed E-state index contributed by atoms with van der Waals surface area (Å²) >= 11 is 0. The Kier molecular flexibility index (Phi) is 3.24. The summed E-state index contributed by atoms with van der Waals surface area (Å²) in [5.74, 6) is 0.553. The molecule has 4 heteroatoms. The number of halogens is 1. The van der Waals surface area contributed by atoms with Crippen LogP contribution >= 0.6 is 0 Å². The third-order valence-corrected chi connectivity index (χ3v) is 3.46. The van der Waals surface area contributed by atoms with E-state index >= 15 is 0 Å². The van der Waals surface area contributed by atoms with Gasteiger partial charge >= 0.3 is 0 Å². The van der Waals surface area contributed by atoms with Gasteiger partial charge in [0.2, 0.25) is 0 Å². The number of fused-ring (bicyclic) bond motifs is 1. The van der Waals surface area contributed by atoms with Crippen molar-refractivity contribution in [3.63, 3.8) is 0 Å². The highest BCUT2D eigenvalue weighted by Gasteiger charge is 2.13. The second-order valence-corrected chi connectivity index (χ2v) is 4.83. The van der Waals surface area contributed by atoms with E-state index in [0.29, 0.717) is 12.1 Å². The Hall–Kier alpha value is -2.20. The van der Waals surface area contributed by atoms with Gasteiger partial charge in [-0.2, -0.15) is 0 Å². The number of aryl methyl sites for hydroxylation is 1. The monoisotopic (exact) mass is 270 g/mol. The van der Waals surface area contributed by atoms with Crippen LogP contribution in [0.5, 0.6) is 0 Å². The lowest BCUT2D eigenvalue weighted by Gasteiger charge is -2.14. The van der Waals surface area contributed by atoms with Gasteiger partial charge in [0.25, 0.3) is 0 Å². The Morgan fingerprint density at radius 1 is 1.15 bits per heavy atom. The molecule has 0 aliphatic rings. The van der Waals surface area contributed by atoms with E-state index in [1.165, 1.54) is 12.1 Å². The molecule has 1 heterocycles. The van der Waals surface area contributed by atoms with Crippen molar-refractivity contribution >= 4 is 11.0 Å². The molecule has 0 saturated carbocycles. The molecule has 3 aromatic rings. The van der Waals surface area contributed by atoms with Crippen LogP contribution in [0.2, 0.25) is 0 Å². The number of para-hydroxylation sites is 2. The molecule has 0 aliphatic carbocycles.